The maximum atomic E-state index is 10.7. The molecular formula is C11H11N3O. The molecule has 1 aromatic carbocycles. The second kappa shape index (κ2) is 3.57. The molecule has 4 N–H and O–H groups in total. The molecule has 76 valence electrons. The van der Waals surface area contributed by atoms with Crippen molar-refractivity contribution in [3.8, 4) is 0 Å². The zero-order valence-electron chi connectivity index (χ0n) is 8.10. The van der Waals surface area contributed by atoms with Crippen LogP contribution in [-0.2, 0) is 11.2 Å². The summed E-state index contributed by atoms with van der Waals surface area (Å²) >= 11 is 0. The van der Waals surface area contributed by atoms with Crippen molar-refractivity contribution in [2.75, 3.05) is 5.73 Å². The van der Waals surface area contributed by atoms with E-state index >= 15 is 0 Å². The number of carbonyl (C=O) groups is 1. The van der Waals surface area contributed by atoms with Gasteiger partial charge in [0, 0.05) is 5.39 Å². The molecular weight excluding hydrogens is 190 g/mol. The highest BCUT2D eigenvalue weighted by molar-refractivity contribution is 5.89. The van der Waals surface area contributed by atoms with E-state index < -0.39 is 5.91 Å². The number of benzene rings is 1. The first-order valence-electron chi connectivity index (χ1n) is 4.59. The van der Waals surface area contributed by atoms with Gasteiger partial charge in [-0.3, -0.25) is 9.78 Å². The van der Waals surface area contributed by atoms with E-state index in [0.717, 1.165) is 10.9 Å². The van der Waals surface area contributed by atoms with Crippen LogP contribution < -0.4 is 11.5 Å². The fraction of sp³-hybridized carbons (Fsp3) is 0.0909. The highest BCUT2D eigenvalue weighted by Gasteiger charge is 2.03. The number of pyridine rings is 1. The number of nitrogens with two attached hydrogens (primary N) is 2. The minimum atomic E-state index is -0.392. The highest BCUT2D eigenvalue weighted by atomic mass is 16.1. The number of carbonyl (C=O) groups excluding carboxylic acids is 1. The predicted molar refractivity (Wildman–Crippen MR) is 59.1 cm³/mol. The summed E-state index contributed by atoms with van der Waals surface area (Å²) in [6, 6.07) is 9.24. The third-order valence-electron chi connectivity index (χ3n) is 2.16. The summed E-state index contributed by atoms with van der Waals surface area (Å²) in [5.41, 5.74) is 12.8. The number of hydrogen-bond donors (Lipinski definition) is 2. The lowest BCUT2D eigenvalue weighted by Crippen LogP contribution is -2.14. The van der Waals surface area contributed by atoms with E-state index in [1.54, 1.807) is 12.1 Å². The summed E-state index contributed by atoms with van der Waals surface area (Å²) in [5, 5.41) is 0.961. The van der Waals surface area contributed by atoms with Gasteiger partial charge in [-0.05, 0) is 12.1 Å². The molecule has 0 saturated heterocycles. The van der Waals surface area contributed by atoms with Crippen molar-refractivity contribution >= 4 is 22.5 Å². The summed E-state index contributed by atoms with van der Waals surface area (Å²) in [7, 11) is 0. The molecule has 0 fully saturated rings. The van der Waals surface area contributed by atoms with Gasteiger partial charge in [-0.15, -0.1) is 0 Å². The number of para-hydroxylation sites is 1. The van der Waals surface area contributed by atoms with Crippen LogP contribution in [0.3, 0.4) is 0 Å². The number of nitrogens with zero attached hydrogens (tertiary/aromatic N) is 1. The van der Waals surface area contributed by atoms with E-state index in [2.05, 4.69) is 4.98 Å². The second-order valence-corrected chi connectivity index (χ2v) is 3.36. The number of hydrogen-bond acceptors (Lipinski definition) is 3. The molecule has 0 aliphatic heterocycles. The Kier molecular flexibility index (Phi) is 2.25. The van der Waals surface area contributed by atoms with Crippen molar-refractivity contribution in [3.05, 3.63) is 36.0 Å². The van der Waals surface area contributed by atoms with E-state index in [1.807, 2.05) is 18.2 Å². The number of amides is 1. The predicted octanol–water partition coefficient (Wildman–Crippen LogP) is 0.845. The van der Waals surface area contributed by atoms with Crippen molar-refractivity contribution in [2.45, 2.75) is 6.42 Å². The molecule has 2 rings (SSSR count). The van der Waals surface area contributed by atoms with Crippen LogP contribution in [0.2, 0.25) is 0 Å². The van der Waals surface area contributed by atoms with Gasteiger partial charge in [0.05, 0.1) is 23.3 Å². The Balaban J connectivity index is 2.54. The summed E-state index contributed by atoms with van der Waals surface area (Å²) in [6.07, 6.45) is 0.143. The topological polar surface area (TPSA) is 82.0 Å². The number of nitrogen functional groups attached to an aromatic ring is 1. The molecule has 0 aliphatic rings. The molecule has 0 spiro atoms. The van der Waals surface area contributed by atoms with Crippen LogP contribution in [0.4, 0.5) is 5.69 Å². The Hall–Kier alpha value is -2.10. The average Bonchev–Trinajstić information content (AvgIpc) is 2.18. The van der Waals surface area contributed by atoms with Gasteiger partial charge in [0.15, 0.2) is 0 Å². The van der Waals surface area contributed by atoms with Crippen LogP contribution >= 0.6 is 0 Å². The Morgan fingerprint density at radius 2 is 2.07 bits per heavy atom. The van der Waals surface area contributed by atoms with Crippen molar-refractivity contribution in [3.63, 3.8) is 0 Å². The second-order valence-electron chi connectivity index (χ2n) is 3.36. The minimum absolute atomic E-state index is 0.143. The molecule has 0 saturated carbocycles. The van der Waals surface area contributed by atoms with Gasteiger partial charge in [-0.1, -0.05) is 18.2 Å². The zero-order valence-corrected chi connectivity index (χ0v) is 8.10. The first-order chi connectivity index (χ1) is 7.16. The largest absolute Gasteiger partial charge is 0.397 e. The van der Waals surface area contributed by atoms with Gasteiger partial charge in [0.25, 0.3) is 0 Å². The zero-order chi connectivity index (χ0) is 10.8. The van der Waals surface area contributed by atoms with Gasteiger partial charge < -0.3 is 11.5 Å². The maximum absolute atomic E-state index is 10.7. The monoisotopic (exact) mass is 201 g/mol. The molecule has 0 atom stereocenters. The first-order valence-corrected chi connectivity index (χ1v) is 4.59. The standard InChI is InChI=1S/C11H11N3O/c12-9-3-1-2-7-4-5-8(6-10(13)15)14-11(7)9/h1-5H,6,12H2,(H2,13,15). The summed E-state index contributed by atoms with van der Waals surface area (Å²) < 4.78 is 0. The summed E-state index contributed by atoms with van der Waals surface area (Å²) in [4.78, 5) is 15.0. The van der Waals surface area contributed by atoms with Crippen LogP contribution in [0.1, 0.15) is 5.69 Å². The molecule has 1 amide bonds. The smallest absolute Gasteiger partial charge is 0.223 e. The Bertz CT molecular complexity index is 522. The Morgan fingerprint density at radius 1 is 1.27 bits per heavy atom. The normalized spacial score (nSPS) is 10.4. The third kappa shape index (κ3) is 1.88. The van der Waals surface area contributed by atoms with Crippen LogP contribution in [0, 0.1) is 0 Å². The fourth-order valence-electron chi connectivity index (χ4n) is 1.49. The van der Waals surface area contributed by atoms with E-state index in [4.69, 9.17) is 11.5 Å². The number of rotatable bonds is 2. The van der Waals surface area contributed by atoms with Crippen LogP contribution in [0.15, 0.2) is 30.3 Å². The molecule has 4 heteroatoms. The highest BCUT2D eigenvalue weighted by Crippen LogP contribution is 2.18. The lowest BCUT2D eigenvalue weighted by molar-refractivity contribution is -0.117. The number of aromatic nitrogens is 1. The Labute approximate surface area is 86.9 Å². The van der Waals surface area contributed by atoms with Gasteiger partial charge in [0.1, 0.15) is 0 Å². The van der Waals surface area contributed by atoms with E-state index in [-0.39, 0.29) is 6.42 Å². The lowest BCUT2D eigenvalue weighted by atomic mass is 10.1. The van der Waals surface area contributed by atoms with Crippen molar-refractivity contribution in [2.24, 2.45) is 5.73 Å². The Morgan fingerprint density at radius 3 is 2.80 bits per heavy atom. The number of fused-ring (bicyclic) bond motifs is 1. The molecule has 15 heavy (non-hydrogen) atoms. The van der Waals surface area contributed by atoms with E-state index in [0.29, 0.717) is 11.4 Å². The van der Waals surface area contributed by atoms with Gasteiger partial charge in [0.2, 0.25) is 5.91 Å². The minimum Gasteiger partial charge on any atom is -0.397 e. The summed E-state index contributed by atoms with van der Waals surface area (Å²) in [6.45, 7) is 0. The van der Waals surface area contributed by atoms with Crippen LogP contribution in [0.25, 0.3) is 10.9 Å². The fourth-order valence-corrected chi connectivity index (χ4v) is 1.49. The number of anilines is 1. The van der Waals surface area contributed by atoms with Gasteiger partial charge >= 0.3 is 0 Å². The quantitative estimate of drug-likeness (QED) is 0.706. The van der Waals surface area contributed by atoms with Crippen molar-refractivity contribution in [1.82, 2.24) is 4.98 Å². The van der Waals surface area contributed by atoms with Crippen LogP contribution in [-0.4, -0.2) is 10.9 Å². The van der Waals surface area contributed by atoms with Gasteiger partial charge in [-0.2, -0.15) is 0 Å². The molecule has 2 aromatic rings. The third-order valence-corrected chi connectivity index (χ3v) is 2.16. The molecule has 1 aromatic heterocycles. The van der Waals surface area contributed by atoms with Crippen molar-refractivity contribution < 1.29 is 4.79 Å². The average molecular weight is 201 g/mol. The van der Waals surface area contributed by atoms with Crippen LogP contribution in [0.5, 0.6) is 0 Å². The SMILES string of the molecule is NC(=O)Cc1ccc2cccc(N)c2n1. The molecule has 0 aliphatic carbocycles. The first kappa shape index (κ1) is 9.45. The molecule has 0 bridgehead atoms. The molecule has 0 radical (unpaired) electrons. The van der Waals surface area contributed by atoms with E-state index in [9.17, 15) is 4.79 Å². The molecule has 1 heterocycles. The van der Waals surface area contributed by atoms with E-state index in [1.165, 1.54) is 0 Å². The molecule has 4 nitrogen and oxygen atoms in total. The summed E-state index contributed by atoms with van der Waals surface area (Å²) in [5.74, 6) is -0.392. The number of primary amides is 1. The van der Waals surface area contributed by atoms with Gasteiger partial charge in [-0.25, -0.2) is 0 Å². The lowest BCUT2D eigenvalue weighted by Gasteiger charge is -2.03. The molecule has 0 unspecified atom stereocenters. The maximum Gasteiger partial charge on any atom is 0.223 e. The van der Waals surface area contributed by atoms with Crippen molar-refractivity contribution in [1.29, 1.82) is 0 Å².